The van der Waals surface area contributed by atoms with E-state index in [0.717, 1.165) is 48.9 Å². The van der Waals surface area contributed by atoms with Gasteiger partial charge < -0.3 is 4.90 Å². The second-order valence-electron chi connectivity index (χ2n) is 8.53. The van der Waals surface area contributed by atoms with Crippen molar-refractivity contribution in [2.75, 3.05) is 31.1 Å². The molecule has 0 radical (unpaired) electrons. The van der Waals surface area contributed by atoms with Crippen LogP contribution in [0.25, 0.3) is 0 Å². The molecule has 5 nitrogen and oxygen atoms in total. The monoisotopic (exact) mass is 369 g/mol. The fourth-order valence-electron chi connectivity index (χ4n) is 4.40. The molecule has 3 fully saturated rings. The summed E-state index contributed by atoms with van der Waals surface area (Å²) in [6.07, 6.45) is 4.42. The van der Waals surface area contributed by atoms with E-state index < -0.39 is 0 Å². The van der Waals surface area contributed by atoms with Crippen LogP contribution in [0.2, 0.25) is 0 Å². The molecule has 3 aliphatic rings. The first kappa shape index (κ1) is 16.6. The van der Waals surface area contributed by atoms with E-state index in [1.54, 1.807) is 6.33 Å². The fourth-order valence-corrected chi connectivity index (χ4v) is 5.38. The number of anilines is 1. The Hall–Kier alpha value is -1.53. The molecule has 0 amide bonds. The van der Waals surface area contributed by atoms with Crippen LogP contribution in [0.4, 0.5) is 5.82 Å². The molecular formula is C20H27N5S. The van der Waals surface area contributed by atoms with Crippen LogP contribution >= 0.6 is 11.3 Å². The molecule has 0 aromatic carbocycles. The van der Waals surface area contributed by atoms with Crippen molar-refractivity contribution in [2.24, 2.45) is 11.8 Å². The van der Waals surface area contributed by atoms with Gasteiger partial charge in [-0.3, -0.25) is 4.90 Å². The van der Waals surface area contributed by atoms with Gasteiger partial charge >= 0.3 is 0 Å². The van der Waals surface area contributed by atoms with E-state index in [2.05, 4.69) is 45.1 Å². The summed E-state index contributed by atoms with van der Waals surface area (Å²) in [6, 6.07) is 2.18. The van der Waals surface area contributed by atoms with E-state index in [1.807, 2.05) is 11.3 Å². The minimum atomic E-state index is 0.452. The van der Waals surface area contributed by atoms with Crippen LogP contribution in [-0.4, -0.2) is 46.0 Å². The first-order valence-electron chi connectivity index (χ1n) is 9.89. The van der Waals surface area contributed by atoms with Gasteiger partial charge in [-0.25, -0.2) is 15.0 Å². The summed E-state index contributed by atoms with van der Waals surface area (Å²) in [6.45, 7) is 10.0. The second kappa shape index (κ2) is 6.57. The highest BCUT2D eigenvalue weighted by Crippen LogP contribution is 2.41. The quantitative estimate of drug-likeness (QED) is 0.807. The average Bonchev–Trinajstić information content (AvgIpc) is 3.07. The smallest absolute Gasteiger partial charge is 0.132 e. The van der Waals surface area contributed by atoms with E-state index in [4.69, 9.17) is 4.98 Å². The Labute approximate surface area is 159 Å². The Balaban J connectivity index is 1.20. The summed E-state index contributed by atoms with van der Waals surface area (Å²) < 4.78 is 0. The van der Waals surface area contributed by atoms with Gasteiger partial charge in [0.1, 0.15) is 12.1 Å². The van der Waals surface area contributed by atoms with Crippen LogP contribution in [0.5, 0.6) is 0 Å². The summed E-state index contributed by atoms with van der Waals surface area (Å²) in [5.41, 5.74) is 2.43. The lowest BCUT2D eigenvalue weighted by molar-refractivity contribution is 0.305. The van der Waals surface area contributed by atoms with Crippen LogP contribution in [0, 0.1) is 11.8 Å². The minimum absolute atomic E-state index is 0.452. The Kier molecular flexibility index (Phi) is 4.20. The molecule has 2 saturated heterocycles. The maximum Gasteiger partial charge on any atom is 0.132 e. The zero-order chi connectivity index (χ0) is 17.7. The van der Waals surface area contributed by atoms with E-state index in [0.29, 0.717) is 5.92 Å². The van der Waals surface area contributed by atoms with Crippen molar-refractivity contribution in [3.05, 3.63) is 34.2 Å². The molecule has 0 N–H and O–H groups in total. The van der Waals surface area contributed by atoms with Crippen LogP contribution in [0.1, 0.15) is 54.9 Å². The molecule has 5 rings (SSSR count). The van der Waals surface area contributed by atoms with E-state index in [-0.39, 0.29) is 0 Å². The molecule has 26 heavy (non-hydrogen) atoms. The summed E-state index contributed by atoms with van der Waals surface area (Å²) in [5.74, 6) is 3.86. The van der Waals surface area contributed by atoms with Gasteiger partial charge in [-0.1, -0.05) is 13.8 Å². The van der Waals surface area contributed by atoms with Crippen LogP contribution < -0.4 is 4.90 Å². The summed E-state index contributed by atoms with van der Waals surface area (Å²) in [7, 11) is 0. The van der Waals surface area contributed by atoms with Gasteiger partial charge in [0.2, 0.25) is 0 Å². The molecule has 2 aliphatic heterocycles. The van der Waals surface area contributed by atoms with Gasteiger partial charge in [0.15, 0.2) is 0 Å². The highest BCUT2D eigenvalue weighted by molar-refractivity contribution is 7.09. The van der Waals surface area contributed by atoms with E-state index >= 15 is 0 Å². The maximum absolute atomic E-state index is 4.87. The SMILES string of the molecule is CC(C)c1cc(N2CC3CN(Cc4csc(C5CC5)n4)CC3C2)ncn1. The van der Waals surface area contributed by atoms with Crippen molar-refractivity contribution in [1.29, 1.82) is 0 Å². The zero-order valence-electron chi connectivity index (χ0n) is 15.6. The molecule has 2 aromatic heterocycles. The second-order valence-corrected chi connectivity index (χ2v) is 9.42. The molecule has 0 bridgehead atoms. The molecule has 2 atom stereocenters. The Bertz CT molecular complexity index is 770. The predicted octanol–water partition coefficient (Wildman–Crippen LogP) is 3.50. The molecular weight excluding hydrogens is 342 g/mol. The first-order valence-corrected chi connectivity index (χ1v) is 10.8. The highest BCUT2D eigenvalue weighted by Gasteiger charge is 2.40. The first-order chi connectivity index (χ1) is 12.7. The minimum Gasteiger partial charge on any atom is -0.356 e. The van der Waals surface area contributed by atoms with Crippen molar-refractivity contribution in [1.82, 2.24) is 19.9 Å². The molecule has 2 aromatic rings. The van der Waals surface area contributed by atoms with Crippen LogP contribution in [0.15, 0.2) is 17.8 Å². The number of aromatic nitrogens is 3. The van der Waals surface area contributed by atoms with Crippen molar-refractivity contribution in [2.45, 2.75) is 45.1 Å². The van der Waals surface area contributed by atoms with E-state index in [9.17, 15) is 0 Å². The topological polar surface area (TPSA) is 45.2 Å². The molecule has 138 valence electrons. The third-order valence-electron chi connectivity index (χ3n) is 6.03. The zero-order valence-corrected chi connectivity index (χ0v) is 16.5. The van der Waals surface area contributed by atoms with Gasteiger partial charge in [0.25, 0.3) is 0 Å². The highest BCUT2D eigenvalue weighted by atomic mass is 32.1. The van der Waals surface area contributed by atoms with Crippen molar-refractivity contribution in [3.63, 3.8) is 0 Å². The predicted molar refractivity (Wildman–Crippen MR) is 105 cm³/mol. The number of nitrogens with zero attached hydrogens (tertiary/aromatic N) is 5. The van der Waals surface area contributed by atoms with Crippen molar-refractivity contribution in [3.8, 4) is 0 Å². The Morgan fingerprint density at radius 3 is 2.58 bits per heavy atom. The van der Waals surface area contributed by atoms with Crippen LogP contribution in [-0.2, 0) is 6.54 Å². The molecule has 2 unspecified atom stereocenters. The lowest BCUT2D eigenvalue weighted by Gasteiger charge is -2.22. The standard InChI is InChI=1S/C20H27N5S/c1-13(2)18-5-19(22-12-21-18)25-8-15-6-24(7-16(15)9-25)10-17-11-26-20(23-17)14-3-4-14/h5,11-16H,3-4,6-10H2,1-2H3. The molecule has 4 heterocycles. The van der Waals surface area contributed by atoms with Gasteiger partial charge in [0.05, 0.1) is 10.7 Å². The number of rotatable bonds is 5. The summed E-state index contributed by atoms with van der Waals surface area (Å²) in [5, 5.41) is 3.65. The number of hydrogen-bond acceptors (Lipinski definition) is 6. The van der Waals surface area contributed by atoms with Gasteiger partial charge in [-0.2, -0.15) is 0 Å². The van der Waals surface area contributed by atoms with Crippen LogP contribution in [0.3, 0.4) is 0 Å². The Morgan fingerprint density at radius 2 is 1.88 bits per heavy atom. The largest absolute Gasteiger partial charge is 0.356 e. The van der Waals surface area contributed by atoms with Crippen molar-refractivity contribution >= 4 is 17.2 Å². The third kappa shape index (κ3) is 3.25. The van der Waals surface area contributed by atoms with Crippen molar-refractivity contribution < 1.29 is 0 Å². The molecule has 6 heteroatoms. The van der Waals surface area contributed by atoms with E-state index in [1.165, 1.54) is 36.6 Å². The Morgan fingerprint density at radius 1 is 1.12 bits per heavy atom. The molecule has 0 spiro atoms. The summed E-state index contributed by atoms with van der Waals surface area (Å²) in [4.78, 5) is 18.9. The number of thiazole rings is 1. The number of likely N-dealkylation sites (tertiary alicyclic amines) is 1. The number of hydrogen-bond donors (Lipinski definition) is 0. The lowest BCUT2D eigenvalue weighted by Crippen LogP contribution is -2.29. The fraction of sp³-hybridized carbons (Fsp3) is 0.650. The third-order valence-corrected chi connectivity index (χ3v) is 7.09. The number of fused-ring (bicyclic) bond motifs is 1. The maximum atomic E-state index is 4.87. The van der Waals surface area contributed by atoms with Gasteiger partial charge in [-0.05, 0) is 30.6 Å². The molecule has 1 aliphatic carbocycles. The summed E-state index contributed by atoms with van der Waals surface area (Å²) >= 11 is 1.87. The average molecular weight is 370 g/mol. The van der Waals surface area contributed by atoms with Gasteiger partial charge in [-0.15, -0.1) is 11.3 Å². The van der Waals surface area contributed by atoms with Gasteiger partial charge in [0, 0.05) is 55.8 Å². The normalized spacial score (nSPS) is 26.0. The lowest BCUT2D eigenvalue weighted by atomic mass is 10.0. The molecule has 1 saturated carbocycles.